The molecule has 2 aromatic rings. The van der Waals surface area contributed by atoms with Gasteiger partial charge in [0.15, 0.2) is 0 Å². The van der Waals surface area contributed by atoms with Crippen molar-refractivity contribution >= 4 is 28.7 Å². The molecule has 0 radical (unpaired) electrons. The van der Waals surface area contributed by atoms with Crippen molar-refractivity contribution in [2.75, 3.05) is 0 Å². The summed E-state index contributed by atoms with van der Waals surface area (Å²) >= 11 is 0. The van der Waals surface area contributed by atoms with Gasteiger partial charge in [-0.05, 0) is 6.07 Å². The second-order valence-corrected chi connectivity index (χ2v) is 4.71. The second-order valence-electron chi connectivity index (χ2n) is 4.71. The van der Waals surface area contributed by atoms with E-state index in [0.717, 1.165) is 5.52 Å². The maximum atomic E-state index is 12.2. The lowest BCUT2D eigenvalue weighted by Crippen LogP contribution is -2.43. The van der Waals surface area contributed by atoms with Gasteiger partial charge in [-0.3, -0.25) is 9.59 Å². The van der Waals surface area contributed by atoms with E-state index in [2.05, 4.69) is 5.32 Å². The molecule has 2 amide bonds. The number of nitrogens with one attached hydrogen (secondary N) is 1. The molecule has 110 valence electrons. The van der Waals surface area contributed by atoms with E-state index in [1.165, 1.54) is 0 Å². The molecule has 1 aromatic carbocycles. The number of aliphatic carboxylic acids is 1. The van der Waals surface area contributed by atoms with Crippen LogP contribution >= 0.6 is 0 Å². The first kappa shape index (κ1) is 14.6. The third-order valence-corrected chi connectivity index (χ3v) is 3.15. The molecule has 1 heterocycles. The van der Waals surface area contributed by atoms with Gasteiger partial charge in [-0.1, -0.05) is 18.2 Å². The largest absolute Gasteiger partial charge is 0.480 e. The number of benzene rings is 1. The first-order valence-electron chi connectivity index (χ1n) is 6.26. The van der Waals surface area contributed by atoms with Gasteiger partial charge in [0, 0.05) is 24.1 Å². The number of aryl methyl sites for hydroxylation is 1. The highest BCUT2D eigenvalue weighted by Crippen LogP contribution is 2.20. The molecule has 1 aromatic heterocycles. The number of aromatic nitrogens is 1. The van der Waals surface area contributed by atoms with Gasteiger partial charge >= 0.3 is 5.97 Å². The molecule has 21 heavy (non-hydrogen) atoms. The predicted octanol–water partition coefficient (Wildman–Crippen LogP) is 0.237. The Balaban J connectivity index is 2.30. The summed E-state index contributed by atoms with van der Waals surface area (Å²) in [5, 5.41) is 12.0. The number of carbonyl (C=O) groups is 3. The Kier molecular flexibility index (Phi) is 3.93. The Morgan fingerprint density at radius 3 is 2.62 bits per heavy atom. The summed E-state index contributed by atoms with van der Waals surface area (Å²) in [5.74, 6) is -2.65. The number of carboxylic acids is 1. The third kappa shape index (κ3) is 3.02. The van der Waals surface area contributed by atoms with Crippen LogP contribution in [-0.4, -0.2) is 33.5 Å². The fourth-order valence-corrected chi connectivity index (χ4v) is 2.16. The van der Waals surface area contributed by atoms with Crippen molar-refractivity contribution in [1.82, 2.24) is 9.88 Å². The fraction of sp³-hybridized carbons (Fsp3) is 0.214. The summed E-state index contributed by atoms with van der Waals surface area (Å²) in [6, 6.07) is 5.92. The summed E-state index contributed by atoms with van der Waals surface area (Å²) in [5.41, 5.74) is 6.18. The molecular formula is C14H15N3O4. The molecule has 0 saturated heterocycles. The Hall–Kier alpha value is -2.83. The van der Waals surface area contributed by atoms with Crippen LogP contribution in [0.2, 0.25) is 0 Å². The maximum absolute atomic E-state index is 12.2. The van der Waals surface area contributed by atoms with Crippen LogP contribution in [0.3, 0.4) is 0 Å². The Labute approximate surface area is 120 Å². The quantitative estimate of drug-likeness (QED) is 0.731. The molecule has 1 unspecified atom stereocenters. The van der Waals surface area contributed by atoms with E-state index in [-0.39, 0.29) is 0 Å². The van der Waals surface area contributed by atoms with Crippen molar-refractivity contribution in [1.29, 1.82) is 0 Å². The fourth-order valence-electron chi connectivity index (χ4n) is 2.16. The summed E-state index contributed by atoms with van der Waals surface area (Å²) in [4.78, 5) is 34.1. The van der Waals surface area contributed by atoms with Crippen LogP contribution in [0.1, 0.15) is 16.8 Å². The second kappa shape index (κ2) is 5.66. The van der Waals surface area contributed by atoms with Gasteiger partial charge in [0.1, 0.15) is 6.04 Å². The molecule has 2 rings (SSSR count). The van der Waals surface area contributed by atoms with Gasteiger partial charge in [0.2, 0.25) is 5.91 Å². The van der Waals surface area contributed by atoms with Crippen molar-refractivity contribution in [2.24, 2.45) is 12.8 Å². The van der Waals surface area contributed by atoms with Crippen molar-refractivity contribution in [2.45, 2.75) is 12.5 Å². The Morgan fingerprint density at radius 2 is 2.00 bits per heavy atom. The van der Waals surface area contributed by atoms with E-state index in [1.807, 2.05) is 12.1 Å². The van der Waals surface area contributed by atoms with Crippen LogP contribution in [0, 0.1) is 0 Å². The number of primary amides is 1. The third-order valence-electron chi connectivity index (χ3n) is 3.15. The minimum atomic E-state index is -1.34. The first-order valence-corrected chi connectivity index (χ1v) is 6.26. The SMILES string of the molecule is Cn1cc(C(=O)NC(CC(N)=O)C(=O)O)c2ccccc21. The number of amides is 2. The van der Waals surface area contributed by atoms with Crippen LogP contribution < -0.4 is 11.1 Å². The van der Waals surface area contributed by atoms with E-state index in [9.17, 15) is 14.4 Å². The van der Waals surface area contributed by atoms with E-state index in [4.69, 9.17) is 10.8 Å². The standard InChI is InChI=1S/C14H15N3O4/c1-17-7-9(8-4-2-3-5-11(8)17)13(19)16-10(14(20)21)6-12(15)18/h2-5,7,10H,6H2,1H3,(H2,15,18)(H,16,19)(H,20,21). The van der Waals surface area contributed by atoms with Gasteiger partial charge in [0.05, 0.1) is 12.0 Å². The summed E-state index contributed by atoms with van der Waals surface area (Å²) in [7, 11) is 1.79. The highest BCUT2D eigenvalue weighted by molar-refractivity contribution is 6.08. The average Bonchev–Trinajstić information content (AvgIpc) is 2.75. The number of nitrogens with two attached hydrogens (primary N) is 1. The molecule has 0 fully saturated rings. The van der Waals surface area contributed by atoms with Gasteiger partial charge in [-0.25, -0.2) is 4.79 Å². The number of para-hydroxylation sites is 1. The van der Waals surface area contributed by atoms with Gasteiger partial charge in [0.25, 0.3) is 5.91 Å². The van der Waals surface area contributed by atoms with E-state index in [0.29, 0.717) is 10.9 Å². The molecule has 0 aliphatic carbocycles. The van der Waals surface area contributed by atoms with Crippen molar-refractivity contribution in [3.8, 4) is 0 Å². The van der Waals surface area contributed by atoms with Crippen molar-refractivity contribution in [3.63, 3.8) is 0 Å². The van der Waals surface area contributed by atoms with Gasteiger partial charge < -0.3 is 20.7 Å². The lowest BCUT2D eigenvalue weighted by molar-refractivity contribution is -0.140. The molecule has 0 aliphatic heterocycles. The number of hydrogen-bond acceptors (Lipinski definition) is 3. The van der Waals surface area contributed by atoms with Crippen LogP contribution in [0.5, 0.6) is 0 Å². The number of fused-ring (bicyclic) bond motifs is 1. The topological polar surface area (TPSA) is 114 Å². The average molecular weight is 289 g/mol. The molecule has 0 aliphatic rings. The van der Waals surface area contributed by atoms with Gasteiger partial charge in [-0.15, -0.1) is 0 Å². The zero-order valence-electron chi connectivity index (χ0n) is 11.4. The normalized spacial score (nSPS) is 12.0. The zero-order valence-corrected chi connectivity index (χ0v) is 11.4. The van der Waals surface area contributed by atoms with Crippen LogP contribution in [-0.2, 0) is 16.6 Å². The predicted molar refractivity (Wildman–Crippen MR) is 75.6 cm³/mol. The number of rotatable bonds is 5. The monoisotopic (exact) mass is 289 g/mol. The lowest BCUT2D eigenvalue weighted by Gasteiger charge is -2.12. The van der Waals surface area contributed by atoms with E-state index < -0.39 is 30.2 Å². The first-order chi connectivity index (χ1) is 9.90. The molecule has 0 spiro atoms. The highest BCUT2D eigenvalue weighted by Gasteiger charge is 2.24. The van der Waals surface area contributed by atoms with Crippen LogP contribution in [0.15, 0.2) is 30.5 Å². The van der Waals surface area contributed by atoms with Gasteiger partial charge in [-0.2, -0.15) is 0 Å². The summed E-state index contributed by atoms with van der Waals surface area (Å²) in [6.07, 6.45) is 1.16. The van der Waals surface area contributed by atoms with E-state index in [1.54, 1.807) is 29.9 Å². The number of carbonyl (C=O) groups excluding carboxylic acids is 2. The minimum Gasteiger partial charge on any atom is -0.480 e. The van der Waals surface area contributed by atoms with Crippen molar-refractivity contribution < 1.29 is 19.5 Å². The molecule has 0 bridgehead atoms. The Bertz CT molecular complexity index is 720. The summed E-state index contributed by atoms with van der Waals surface area (Å²) < 4.78 is 1.77. The minimum absolute atomic E-state index is 0.351. The van der Waals surface area contributed by atoms with Crippen LogP contribution in [0.25, 0.3) is 10.9 Å². The number of hydrogen-bond donors (Lipinski definition) is 3. The number of nitrogens with zero attached hydrogens (tertiary/aromatic N) is 1. The summed E-state index contributed by atoms with van der Waals surface area (Å²) in [6.45, 7) is 0. The molecule has 0 saturated carbocycles. The molecular weight excluding hydrogens is 274 g/mol. The molecule has 7 heteroatoms. The van der Waals surface area contributed by atoms with Crippen molar-refractivity contribution in [3.05, 3.63) is 36.0 Å². The number of carboxylic acid groups (broad SMARTS) is 1. The molecule has 4 N–H and O–H groups in total. The molecule has 7 nitrogen and oxygen atoms in total. The van der Waals surface area contributed by atoms with E-state index >= 15 is 0 Å². The lowest BCUT2D eigenvalue weighted by atomic mass is 10.1. The molecule has 1 atom stereocenters. The Morgan fingerprint density at radius 1 is 1.33 bits per heavy atom. The van der Waals surface area contributed by atoms with Crippen LogP contribution in [0.4, 0.5) is 0 Å². The smallest absolute Gasteiger partial charge is 0.326 e. The highest BCUT2D eigenvalue weighted by atomic mass is 16.4. The maximum Gasteiger partial charge on any atom is 0.326 e. The zero-order chi connectivity index (χ0) is 15.6.